The number of para-hydroxylation sites is 1. The maximum absolute atomic E-state index is 10.2. The van der Waals surface area contributed by atoms with Crippen molar-refractivity contribution in [1.29, 1.82) is 0 Å². The Labute approximate surface area is 142 Å². The zero-order valence-electron chi connectivity index (χ0n) is 13.8. The molecule has 0 radical (unpaired) electrons. The molecule has 0 fully saturated rings. The number of aliphatic hydroxyl groups is 1. The van der Waals surface area contributed by atoms with E-state index in [1.54, 1.807) is 4.68 Å². The van der Waals surface area contributed by atoms with Gasteiger partial charge in [-0.1, -0.05) is 53.7 Å². The number of hydrogen-bond acceptors (Lipinski definition) is 4. The Morgan fingerprint density at radius 3 is 2.42 bits per heavy atom. The summed E-state index contributed by atoms with van der Waals surface area (Å²) >= 11 is 0. The zero-order chi connectivity index (χ0) is 16.8. The van der Waals surface area contributed by atoms with Crippen LogP contribution in [-0.4, -0.2) is 38.6 Å². The van der Waals surface area contributed by atoms with Crippen LogP contribution in [0.3, 0.4) is 0 Å². The quantitative estimate of drug-likeness (QED) is 0.727. The highest BCUT2D eigenvalue weighted by Gasteiger charge is 2.10. The molecule has 0 saturated carbocycles. The molecule has 0 spiro atoms. The Hall–Kier alpha value is -2.50. The van der Waals surface area contributed by atoms with Gasteiger partial charge < -0.3 is 10.0 Å². The molecule has 0 amide bonds. The maximum atomic E-state index is 10.2. The summed E-state index contributed by atoms with van der Waals surface area (Å²) in [5, 5.41) is 18.6. The smallest absolute Gasteiger partial charge is 0.0971 e. The Balaban J connectivity index is 1.52. The van der Waals surface area contributed by atoms with E-state index in [2.05, 4.69) is 15.2 Å². The fourth-order valence-corrected chi connectivity index (χ4v) is 2.62. The van der Waals surface area contributed by atoms with Crippen LogP contribution >= 0.6 is 0 Å². The van der Waals surface area contributed by atoms with E-state index in [1.807, 2.05) is 73.9 Å². The molecule has 0 aliphatic heterocycles. The molecule has 1 aromatic heterocycles. The SMILES string of the molecule is CN(CC[C@H](O)c1ccccc1)Cc1cn(-c2ccccc2)nn1. The summed E-state index contributed by atoms with van der Waals surface area (Å²) in [5.74, 6) is 0. The highest BCUT2D eigenvalue weighted by Crippen LogP contribution is 2.16. The predicted octanol–water partition coefficient (Wildman–Crippen LogP) is 2.82. The van der Waals surface area contributed by atoms with Crippen LogP contribution in [0.1, 0.15) is 23.8 Å². The fraction of sp³-hybridized carbons (Fsp3) is 0.263. The Bertz CT molecular complexity index is 742. The van der Waals surface area contributed by atoms with E-state index in [0.29, 0.717) is 13.0 Å². The van der Waals surface area contributed by atoms with Gasteiger partial charge in [-0.2, -0.15) is 0 Å². The molecule has 0 saturated heterocycles. The van der Waals surface area contributed by atoms with Crippen LogP contribution in [0.25, 0.3) is 5.69 Å². The van der Waals surface area contributed by atoms with Gasteiger partial charge in [-0.05, 0) is 31.2 Å². The second-order valence-corrected chi connectivity index (χ2v) is 5.94. The monoisotopic (exact) mass is 322 g/mol. The molecule has 0 aliphatic carbocycles. The summed E-state index contributed by atoms with van der Waals surface area (Å²) in [6.45, 7) is 1.49. The molecule has 1 atom stereocenters. The molecule has 124 valence electrons. The summed E-state index contributed by atoms with van der Waals surface area (Å²) in [4.78, 5) is 2.14. The second-order valence-electron chi connectivity index (χ2n) is 5.94. The summed E-state index contributed by atoms with van der Waals surface area (Å²) in [7, 11) is 2.03. The molecule has 0 unspecified atom stereocenters. The third-order valence-corrected chi connectivity index (χ3v) is 3.96. The van der Waals surface area contributed by atoms with Gasteiger partial charge >= 0.3 is 0 Å². The largest absolute Gasteiger partial charge is 0.388 e. The van der Waals surface area contributed by atoms with Gasteiger partial charge in [0.15, 0.2) is 0 Å². The lowest BCUT2D eigenvalue weighted by atomic mass is 10.1. The van der Waals surface area contributed by atoms with E-state index in [1.165, 1.54) is 0 Å². The van der Waals surface area contributed by atoms with Gasteiger partial charge in [0, 0.05) is 13.1 Å². The first-order valence-corrected chi connectivity index (χ1v) is 8.10. The predicted molar refractivity (Wildman–Crippen MR) is 93.7 cm³/mol. The third kappa shape index (κ3) is 4.28. The van der Waals surface area contributed by atoms with Gasteiger partial charge in [-0.15, -0.1) is 5.10 Å². The Morgan fingerprint density at radius 1 is 1.04 bits per heavy atom. The van der Waals surface area contributed by atoms with Crippen molar-refractivity contribution in [3.63, 3.8) is 0 Å². The number of aliphatic hydroxyl groups excluding tert-OH is 1. The van der Waals surface area contributed by atoms with Crippen molar-refractivity contribution in [2.75, 3.05) is 13.6 Å². The number of rotatable bonds is 7. The minimum Gasteiger partial charge on any atom is -0.388 e. The van der Waals surface area contributed by atoms with E-state index < -0.39 is 6.10 Å². The average Bonchev–Trinajstić information content (AvgIpc) is 3.09. The van der Waals surface area contributed by atoms with Crippen molar-refractivity contribution in [1.82, 2.24) is 19.9 Å². The number of hydrogen-bond donors (Lipinski definition) is 1. The van der Waals surface area contributed by atoms with Gasteiger partial charge in [0.2, 0.25) is 0 Å². The molecule has 0 aliphatic rings. The van der Waals surface area contributed by atoms with Crippen molar-refractivity contribution in [3.05, 3.63) is 78.1 Å². The number of benzene rings is 2. The number of nitrogens with zero attached hydrogens (tertiary/aromatic N) is 4. The topological polar surface area (TPSA) is 54.2 Å². The second kappa shape index (κ2) is 7.86. The summed E-state index contributed by atoms with van der Waals surface area (Å²) in [6, 6.07) is 19.7. The molecule has 5 heteroatoms. The first kappa shape index (κ1) is 16.4. The van der Waals surface area contributed by atoms with Crippen LogP contribution in [0.2, 0.25) is 0 Å². The molecule has 1 heterocycles. The van der Waals surface area contributed by atoms with Crippen LogP contribution in [0.4, 0.5) is 0 Å². The highest BCUT2D eigenvalue weighted by molar-refractivity contribution is 5.29. The van der Waals surface area contributed by atoms with E-state index in [-0.39, 0.29) is 0 Å². The molecule has 0 bridgehead atoms. The van der Waals surface area contributed by atoms with E-state index in [9.17, 15) is 5.11 Å². The standard InChI is InChI=1S/C19H22N4O/c1-22(13-12-19(24)16-8-4-2-5-9-16)14-17-15-23(21-20-17)18-10-6-3-7-11-18/h2-11,15,19,24H,12-14H2,1H3/t19-/m0/s1. The molecule has 24 heavy (non-hydrogen) atoms. The highest BCUT2D eigenvalue weighted by atomic mass is 16.3. The van der Waals surface area contributed by atoms with Gasteiger partial charge in [0.1, 0.15) is 0 Å². The van der Waals surface area contributed by atoms with Crippen LogP contribution in [0.5, 0.6) is 0 Å². The van der Waals surface area contributed by atoms with Gasteiger partial charge in [0.25, 0.3) is 0 Å². The molecule has 3 aromatic rings. The summed E-state index contributed by atoms with van der Waals surface area (Å²) in [5.41, 5.74) is 2.87. The lowest BCUT2D eigenvalue weighted by molar-refractivity contribution is 0.147. The molecular weight excluding hydrogens is 300 g/mol. The molecule has 5 nitrogen and oxygen atoms in total. The van der Waals surface area contributed by atoms with Crippen LogP contribution in [0.15, 0.2) is 66.9 Å². The molecule has 3 rings (SSSR count). The Morgan fingerprint density at radius 2 is 1.71 bits per heavy atom. The Kier molecular flexibility index (Phi) is 5.36. The van der Waals surface area contributed by atoms with E-state index in [4.69, 9.17) is 0 Å². The van der Waals surface area contributed by atoms with Gasteiger partial charge in [-0.25, -0.2) is 4.68 Å². The van der Waals surface area contributed by atoms with Crippen molar-refractivity contribution < 1.29 is 5.11 Å². The summed E-state index contributed by atoms with van der Waals surface area (Å²) < 4.78 is 1.78. The van der Waals surface area contributed by atoms with Gasteiger partial charge in [-0.3, -0.25) is 0 Å². The molecule has 1 N–H and O–H groups in total. The third-order valence-electron chi connectivity index (χ3n) is 3.96. The van der Waals surface area contributed by atoms with Crippen LogP contribution in [-0.2, 0) is 6.54 Å². The summed E-state index contributed by atoms with van der Waals surface area (Å²) in [6.07, 6.45) is 2.20. The molecular formula is C19H22N4O. The maximum Gasteiger partial charge on any atom is 0.0971 e. The number of aromatic nitrogens is 3. The van der Waals surface area contributed by atoms with Crippen LogP contribution < -0.4 is 0 Å². The first-order chi connectivity index (χ1) is 11.7. The van der Waals surface area contributed by atoms with Gasteiger partial charge in [0.05, 0.1) is 23.7 Å². The molecule has 2 aromatic carbocycles. The van der Waals surface area contributed by atoms with Crippen LogP contribution in [0, 0.1) is 0 Å². The minimum absolute atomic E-state index is 0.436. The van der Waals surface area contributed by atoms with E-state index in [0.717, 1.165) is 23.5 Å². The van der Waals surface area contributed by atoms with E-state index >= 15 is 0 Å². The minimum atomic E-state index is -0.436. The van der Waals surface area contributed by atoms with Crippen molar-refractivity contribution in [2.24, 2.45) is 0 Å². The zero-order valence-corrected chi connectivity index (χ0v) is 13.8. The van der Waals surface area contributed by atoms with Crippen molar-refractivity contribution in [3.8, 4) is 5.69 Å². The van der Waals surface area contributed by atoms with Crippen molar-refractivity contribution >= 4 is 0 Å². The van der Waals surface area contributed by atoms with Crippen molar-refractivity contribution in [2.45, 2.75) is 19.1 Å². The lowest BCUT2D eigenvalue weighted by Gasteiger charge is -2.17. The lowest BCUT2D eigenvalue weighted by Crippen LogP contribution is -2.21. The fourth-order valence-electron chi connectivity index (χ4n) is 2.62. The average molecular weight is 322 g/mol. The first-order valence-electron chi connectivity index (χ1n) is 8.10. The normalized spacial score (nSPS) is 12.5.